The van der Waals surface area contributed by atoms with Gasteiger partial charge in [-0.1, -0.05) is 67.8 Å². The Morgan fingerprint density at radius 2 is 1.76 bits per heavy atom. The molecule has 2 nitrogen and oxygen atoms in total. The summed E-state index contributed by atoms with van der Waals surface area (Å²) < 4.78 is 6.28. The smallest absolute Gasteiger partial charge is 0.119 e. The number of hydrogen-bond donors (Lipinski definition) is 1. The molecule has 1 atom stereocenters. The van der Waals surface area contributed by atoms with Crippen LogP contribution in [0.4, 0.5) is 0 Å². The Kier molecular flexibility index (Phi) is 9.77. The Morgan fingerprint density at radius 1 is 1.10 bits per heavy atom. The van der Waals surface area contributed by atoms with Crippen molar-refractivity contribution in [2.75, 3.05) is 7.11 Å². The van der Waals surface area contributed by atoms with Gasteiger partial charge in [-0.25, -0.2) is 0 Å². The second-order valence-electron chi connectivity index (χ2n) is 5.73. The predicted molar refractivity (Wildman–Crippen MR) is 93.0 cm³/mol. The minimum atomic E-state index is -0.260. The van der Waals surface area contributed by atoms with Crippen LogP contribution in [0.15, 0.2) is 22.7 Å². The molecule has 0 aliphatic rings. The van der Waals surface area contributed by atoms with Gasteiger partial charge in [-0.15, -0.1) is 0 Å². The average molecular weight is 357 g/mol. The zero-order valence-electron chi connectivity index (χ0n) is 13.4. The molecule has 1 N–H and O–H groups in total. The zero-order valence-corrected chi connectivity index (χ0v) is 15.0. The van der Waals surface area contributed by atoms with Crippen LogP contribution in [0.25, 0.3) is 0 Å². The van der Waals surface area contributed by atoms with Crippen LogP contribution < -0.4 is 4.74 Å². The monoisotopic (exact) mass is 356 g/mol. The van der Waals surface area contributed by atoms with Crippen LogP contribution in [0, 0.1) is 0 Å². The summed E-state index contributed by atoms with van der Waals surface area (Å²) >= 11 is 3.54. The van der Waals surface area contributed by atoms with E-state index in [0.29, 0.717) is 6.42 Å². The van der Waals surface area contributed by atoms with Crippen molar-refractivity contribution in [1.82, 2.24) is 0 Å². The molecule has 21 heavy (non-hydrogen) atoms. The van der Waals surface area contributed by atoms with E-state index < -0.39 is 0 Å². The van der Waals surface area contributed by atoms with Gasteiger partial charge in [0.25, 0.3) is 0 Å². The Hall–Kier alpha value is -0.540. The van der Waals surface area contributed by atoms with Gasteiger partial charge in [-0.2, -0.15) is 0 Å². The molecule has 3 heteroatoms. The largest absolute Gasteiger partial charge is 0.497 e. The maximum Gasteiger partial charge on any atom is 0.119 e. The number of aliphatic hydroxyl groups excluding tert-OH is 1. The maximum absolute atomic E-state index is 10.2. The number of benzene rings is 1. The molecule has 0 heterocycles. The topological polar surface area (TPSA) is 29.5 Å². The summed E-state index contributed by atoms with van der Waals surface area (Å²) in [5.74, 6) is 0.844. The molecule has 0 aliphatic carbocycles. The van der Waals surface area contributed by atoms with E-state index in [-0.39, 0.29) is 6.10 Å². The second kappa shape index (κ2) is 11.1. The molecule has 1 rings (SSSR count). The van der Waals surface area contributed by atoms with Crippen LogP contribution in [0.1, 0.15) is 63.9 Å². The number of rotatable bonds is 11. The highest BCUT2D eigenvalue weighted by molar-refractivity contribution is 9.10. The number of aliphatic hydroxyl groups is 1. The van der Waals surface area contributed by atoms with E-state index in [4.69, 9.17) is 4.74 Å². The molecular weight excluding hydrogens is 328 g/mol. The number of ether oxygens (including phenoxy) is 1. The van der Waals surface area contributed by atoms with Crippen molar-refractivity contribution < 1.29 is 9.84 Å². The van der Waals surface area contributed by atoms with Crippen LogP contribution >= 0.6 is 15.9 Å². The molecule has 0 spiro atoms. The van der Waals surface area contributed by atoms with Crippen LogP contribution in [-0.2, 0) is 6.42 Å². The van der Waals surface area contributed by atoms with Gasteiger partial charge in [0.15, 0.2) is 0 Å². The summed E-state index contributed by atoms with van der Waals surface area (Å²) in [6, 6.07) is 5.91. The van der Waals surface area contributed by atoms with Crippen molar-refractivity contribution in [2.45, 2.75) is 70.8 Å². The van der Waals surface area contributed by atoms with Gasteiger partial charge in [0.05, 0.1) is 13.2 Å². The molecule has 0 amide bonds. The molecule has 0 saturated carbocycles. The highest BCUT2D eigenvalue weighted by Gasteiger charge is 2.09. The summed E-state index contributed by atoms with van der Waals surface area (Å²) in [6.07, 6.45) is 10.3. The highest BCUT2D eigenvalue weighted by atomic mass is 79.9. The SMILES string of the molecule is CCCCCCCCCC(O)Cc1cc(OC)ccc1Br. The molecule has 0 bridgehead atoms. The van der Waals surface area contributed by atoms with Gasteiger partial charge >= 0.3 is 0 Å². The predicted octanol–water partition coefficient (Wildman–Crippen LogP) is 5.50. The minimum Gasteiger partial charge on any atom is -0.497 e. The van der Waals surface area contributed by atoms with Gasteiger partial charge in [-0.3, -0.25) is 0 Å². The standard InChI is InChI=1S/C18H29BrO2/c1-3-4-5-6-7-8-9-10-16(20)13-15-14-17(21-2)11-12-18(15)19/h11-12,14,16,20H,3-10,13H2,1-2H3. The quantitative estimate of drug-likeness (QED) is 0.530. The first-order chi connectivity index (χ1) is 10.2. The lowest BCUT2D eigenvalue weighted by atomic mass is 10.0. The zero-order chi connectivity index (χ0) is 15.5. The molecule has 0 aliphatic heterocycles. The lowest BCUT2D eigenvalue weighted by molar-refractivity contribution is 0.160. The number of methoxy groups -OCH3 is 1. The van der Waals surface area contributed by atoms with Crippen LogP contribution in [-0.4, -0.2) is 18.3 Å². The first-order valence-electron chi connectivity index (χ1n) is 8.17. The lowest BCUT2D eigenvalue weighted by Gasteiger charge is -2.13. The van der Waals surface area contributed by atoms with Gasteiger partial charge in [-0.05, 0) is 36.6 Å². The fraction of sp³-hybridized carbons (Fsp3) is 0.667. The van der Waals surface area contributed by atoms with Crippen molar-refractivity contribution in [3.05, 3.63) is 28.2 Å². The van der Waals surface area contributed by atoms with Crippen LogP contribution in [0.2, 0.25) is 0 Å². The van der Waals surface area contributed by atoms with Gasteiger partial charge in [0.1, 0.15) is 5.75 Å². The summed E-state index contributed by atoms with van der Waals surface area (Å²) in [6.45, 7) is 2.24. The van der Waals surface area contributed by atoms with Crippen LogP contribution in [0.3, 0.4) is 0 Å². The van der Waals surface area contributed by atoms with Crippen LogP contribution in [0.5, 0.6) is 5.75 Å². The lowest BCUT2D eigenvalue weighted by Crippen LogP contribution is -2.10. The maximum atomic E-state index is 10.2. The fourth-order valence-corrected chi connectivity index (χ4v) is 2.94. The van der Waals surface area contributed by atoms with Gasteiger partial charge in [0, 0.05) is 4.47 Å². The van der Waals surface area contributed by atoms with Crippen molar-refractivity contribution in [3.8, 4) is 5.75 Å². The molecule has 0 fully saturated rings. The molecule has 0 radical (unpaired) electrons. The number of unbranched alkanes of at least 4 members (excludes halogenated alkanes) is 6. The van der Waals surface area contributed by atoms with Gasteiger partial charge in [0.2, 0.25) is 0 Å². The third-order valence-electron chi connectivity index (χ3n) is 3.85. The third-order valence-corrected chi connectivity index (χ3v) is 4.62. The van der Waals surface area contributed by atoms with E-state index in [1.807, 2.05) is 18.2 Å². The average Bonchev–Trinajstić information content (AvgIpc) is 2.48. The minimum absolute atomic E-state index is 0.260. The first kappa shape index (κ1) is 18.5. The van der Waals surface area contributed by atoms with E-state index >= 15 is 0 Å². The molecular formula is C18H29BrO2. The Balaban J connectivity index is 2.23. The van der Waals surface area contributed by atoms with E-state index in [0.717, 1.165) is 28.6 Å². The Morgan fingerprint density at radius 3 is 2.43 bits per heavy atom. The van der Waals surface area contributed by atoms with Gasteiger partial charge < -0.3 is 9.84 Å². The van der Waals surface area contributed by atoms with E-state index in [1.54, 1.807) is 7.11 Å². The number of halogens is 1. The Labute approximate surface area is 138 Å². The summed E-state index contributed by atoms with van der Waals surface area (Å²) in [7, 11) is 1.67. The van der Waals surface area contributed by atoms with Crippen molar-refractivity contribution >= 4 is 15.9 Å². The Bertz CT molecular complexity index is 393. The van der Waals surface area contributed by atoms with E-state index in [9.17, 15) is 5.11 Å². The van der Waals surface area contributed by atoms with Crippen molar-refractivity contribution in [2.24, 2.45) is 0 Å². The number of hydrogen-bond acceptors (Lipinski definition) is 2. The fourth-order valence-electron chi connectivity index (χ4n) is 2.53. The van der Waals surface area contributed by atoms with Crippen molar-refractivity contribution in [1.29, 1.82) is 0 Å². The third kappa shape index (κ3) is 7.87. The molecule has 120 valence electrons. The molecule has 1 unspecified atom stereocenters. The second-order valence-corrected chi connectivity index (χ2v) is 6.58. The molecule has 0 aromatic heterocycles. The first-order valence-corrected chi connectivity index (χ1v) is 8.97. The highest BCUT2D eigenvalue weighted by Crippen LogP contribution is 2.24. The summed E-state index contributed by atoms with van der Waals surface area (Å²) in [5, 5.41) is 10.2. The molecule has 0 saturated heterocycles. The van der Waals surface area contributed by atoms with Crippen molar-refractivity contribution in [3.63, 3.8) is 0 Å². The molecule has 1 aromatic rings. The summed E-state index contributed by atoms with van der Waals surface area (Å²) in [4.78, 5) is 0. The van der Waals surface area contributed by atoms with E-state index in [2.05, 4.69) is 22.9 Å². The normalized spacial score (nSPS) is 12.4. The summed E-state index contributed by atoms with van der Waals surface area (Å²) in [5.41, 5.74) is 1.12. The van der Waals surface area contributed by atoms with E-state index in [1.165, 1.54) is 38.5 Å². The molecule has 1 aromatic carbocycles.